The Morgan fingerprint density at radius 2 is 1.43 bits per heavy atom. The van der Waals surface area contributed by atoms with Crippen LogP contribution in [0.15, 0.2) is 60.7 Å². The summed E-state index contributed by atoms with van der Waals surface area (Å²) in [5, 5.41) is 16.2. The lowest BCUT2D eigenvalue weighted by Crippen LogP contribution is -2.06. The molecule has 0 unspecified atom stereocenters. The first-order valence-electron chi connectivity index (χ1n) is 6.47. The van der Waals surface area contributed by atoms with Crippen molar-refractivity contribution < 1.29 is 4.74 Å². The van der Waals surface area contributed by atoms with Gasteiger partial charge in [-0.1, -0.05) is 36.4 Å². The van der Waals surface area contributed by atoms with E-state index in [9.17, 15) is 0 Å². The van der Waals surface area contributed by atoms with E-state index in [0.29, 0.717) is 0 Å². The Morgan fingerprint density at radius 3 is 1.95 bits per heavy atom. The zero-order valence-corrected chi connectivity index (χ0v) is 11.8. The van der Waals surface area contributed by atoms with Crippen LogP contribution >= 0.6 is 0 Å². The van der Waals surface area contributed by atoms with Gasteiger partial charge < -0.3 is 10.5 Å². The van der Waals surface area contributed by atoms with Crippen molar-refractivity contribution in [3.8, 4) is 5.75 Å². The van der Waals surface area contributed by atoms with Gasteiger partial charge in [0.15, 0.2) is 0 Å². The van der Waals surface area contributed by atoms with Gasteiger partial charge in [0, 0.05) is 16.5 Å². The quantitative estimate of drug-likeness (QED) is 0.550. The highest BCUT2D eigenvalue weighted by atomic mass is 16.5. The SMILES string of the molecule is COc1ccc(N)c2ccccc12.N=C1C=CC=CC1=N. The van der Waals surface area contributed by atoms with Gasteiger partial charge in [0.1, 0.15) is 5.75 Å². The Morgan fingerprint density at radius 1 is 0.857 bits per heavy atom. The molecule has 4 N–H and O–H groups in total. The smallest absolute Gasteiger partial charge is 0.126 e. The molecule has 0 saturated carbocycles. The van der Waals surface area contributed by atoms with Crippen molar-refractivity contribution in [2.45, 2.75) is 0 Å². The third-order valence-electron chi connectivity index (χ3n) is 3.06. The summed E-state index contributed by atoms with van der Waals surface area (Å²) in [6.07, 6.45) is 6.70. The van der Waals surface area contributed by atoms with Crippen molar-refractivity contribution in [1.82, 2.24) is 0 Å². The van der Waals surface area contributed by atoms with Crippen molar-refractivity contribution in [3.05, 3.63) is 60.7 Å². The summed E-state index contributed by atoms with van der Waals surface area (Å²) in [5.74, 6) is 0.866. The van der Waals surface area contributed by atoms with Crippen LogP contribution in [0.1, 0.15) is 0 Å². The van der Waals surface area contributed by atoms with Gasteiger partial charge in [0.25, 0.3) is 0 Å². The lowest BCUT2D eigenvalue weighted by atomic mass is 10.1. The molecule has 0 radical (unpaired) electrons. The number of hydrogen-bond acceptors (Lipinski definition) is 4. The number of ether oxygens (including phenoxy) is 1. The molecule has 0 atom stereocenters. The minimum absolute atomic E-state index is 0.285. The summed E-state index contributed by atoms with van der Waals surface area (Å²) in [4.78, 5) is 0. The van der Waals surface area contributed by atoms with Gasteiger partial charge in [-0.15, -0.1) is 0 Å². The molecule has 0 aliphatic heterocycles. The van der Waals surface area contributed by atoms with Gasteiger partial charge in [-0.05, 0) is 24.3 Å². The summed E-state index contributed by atoms with van der Waals surface area (Å²) in [6.45, 7) is 0. The third kappa shape index (κ3) is 3.36. The second-order valence-corrected chi connectivity index (χ2v) is 4.45. The number of rotatable bonds is 1. The zero-order valence-electron chi connectivity index (χ0n) is 11.8. The van der Waals surface area contributed by atoms with Crippen LogP contribution in [0.5, 0.6) is 5.75 Å². The standard InChI is InChI=1S/C11H11NO.C6H6N2/c1-13-11-7-6-10(12)8-4-2-3-5-9(8)11;7-5-3-1-2-4-6(5)8/h2-7H,12H2,1H3;1-4,7-8H. The van der Waals surface area contributed by atoms with E-state index in [-0.39, 0.29) is 11.4 Å². The molecular weight excluding hydrogens is 262 g/mol. The molecule has 1 aliphatic rings. The van der Waals surface area contributed by atoms with Crippen LogP contribution in [0.4, 0.5) is 5.69 Å². The lowest BCUT2D eigenvalue weighted by Gasteiger charge is -2.06. The summed E-state index contributed by atoms with van der Waals surface area (Å²) in [6, 6.07) is 11.7. The monoisotopic (exact) mass is 279 g/mol. The Balaban J connectivity index is 0.000000173. The number of fused-ring (bicyclic) bond motifs is 1. The topological polar surface area (TPSA) is 83.0 Å². The zero-order chi connectivity index (χ0) is 15.2. The summed E-state index contributed by atoms with van der Waals surface area (Å²) in [7, 11) is 1.66. The van der Waals surface area contributed by atoms with Crippen LogP contribution in [0, 0.1) is 10.8 Å². The molecule has 0 saturated heterocycles. The fourth-order valence-corrected chi connectivity index (χ4v) is 1.96. The van der Waals surface area contributed by atoms with Gasteiger partial charge in [-0.2, -0.15) is 0 Å². The fraction of sp³-hybridized carbons (Fsp3) is 0.0588. The molecule has 0 fully saturated rings. The molecule has 1 aliphatic carbocycles. The van der Waals surface area contributed by atoms with Crippen LogP contribution in [-0.4, -0.2) is 18.5 Å². The summed E-state index contributed by atoms with van der Waals surface area (Å²) >= 11 is 0. The van der Waals surface area contributed by atoms with Gasteiger partial charge in [-0.3, -0.25) is 10.8 Å². The van der Waals surface area contributed by atoms with E-state index < -0.39 is 0 Å². The number of allylic oxidation sites excluding steroid dienone is 4. The fourth-order valence-electron chi connectivity index (χ4n) is 1.96. The highest BCUT2D eigenvalue weighted by molar-refractivity contribution is 6.48. The Bertz CT molecular complexity index is 723. The van der Waals surface area contributed by atoms with E-state index in [1.807, 2.05) is 36.4 Å². The minimum Gasteiger partial charge on any atom is -0.496 e. The molecule has 0 aromatic heterocycles. The van der Waals surface area contributed by atoms with Gasteiger partial charge in [0.2, 0.25) is 0 Å². The summed E-state index contributed by atoms with van der Waals surface area (Å²) < 4.78 is 5.23. The maximum atomic E-state index is 7.03. The first-order valence-corrected chi connectivity index (χ1v) is 6.47. The molecule has 4 nitrogen and oxygen atoms in total. The van der Waals surface area contributed by atoms with E-state index >= 15 is 0 Å². The van der Waals surface area contributed by atoms with E-state index in [1.165, 1.54) is 0 Å². The minimum atomic E-state index is 0.285. The number of hydrogen-bond donors (Lipinski definition) is 3. The molecular formula is C17H17N3O. The average molecular weight is 279 g/mol. The average Bonchev–Trinajstić information content (AvgIpc) is 2.52. The molecule has 21 heavy (non-hydrogen) atoms. The van der Waals surface area contributed by atoms with E-state index in [2.05, 4.69) is 0 Å². The highest BCUT2D eigenvalue weighted by Crippen LogP contribution is 2.29. The molecule has 3 rings (SSSR count). The van der Waals surface area contributed by atoms with Crippen molar-refractivity contribution in [2.24, 2.45) is 0 Å². The van der Waals surface area contributed by atoms with Crippen LogP contribution in [0.3, 0.4) is 0 Å². The van der Waals surface area contributed by atoms with Crippen molar-refractivity contribution in [3.63, 3.8) is 0 Å². The summed E-state index contributed by atoms with van der Waals surface area (Å²) in [5.41, 5.74) is 7.18. The van der Waals surface area contributed by atoms with Crippen molar-refractivity contribution in [1.29, 1.82) is 10.8 Å². The van der Waals surface area contributed by atoms with Crippen LogP contribution in [0.2, 0.25) is 0 Å². The van der Waals surface area contributed by atoms with Gasteiger partial charge in [-0.25, -0.2) is 0 Å². The second-order valence-electron chi connectivity index (χ2n) is 4.45. The molecule has 0 bridgehead atoms. The Labute approximate surface area is 123 Å². The lowest BCUT2D eigenvalue weighted by molar-refractivity contribution is 0.420. The molecule has 4 heteroatoms. The highest BCUT2D eigenvalue weighted by Gasteiger charge is 2.02. The predicted molar refractivity (Wildman–Crippen MR) is 88.6 cm³/mol. The molecule has 0 amide bonds. The largest absolute Gasteiger partial charge is 0.496 e. The normalized spacial score (nSPS) is 13.0. The molecule has 0 spiro atoms. The Kier molecular flexibility index (Phi) is 4.51. The van der Waals surface area contributed by atoms with Gasteiger partial charge in [0.05, 0.1) is 18.5 Å². The number of benzene rings is 2. The molecule has 2 aromatic carbocycles. The van der Waals surface area contributed by atoms with E-state index in [0.717, 1.165) is 22.2 Å². The predicted octanol–water partition coefficient (Wildman–Crippen LogP) is 3.58. The maximum Gasteiger partial charge on any atom is 0.126 e. The van der Waals surface area contributed by atoms with Crippen LogP contribution in [-0.2, 0) is 0 Å². The van der Waals surface area contributed by atoms with Crippen molar-refractivity contribution in [2.75, 3.05) is 12.8 Å². The Hall–Kier alpha value is -2.88. The number of nitrogens with two attached hydrogens (primary N) is 1. The number of nitrogens with one attached hydrogen (secondary N) is 2. The second kappa shape index (κ2) is 6.52. The van der Waals surface area contributed by atoms with Crippen molar-refractivity contribution >= 4 is 27.9 Å². The first-order chi connectivity index (χ1) is 10.1. The van der Waals surface area contributed by atoms with Crippen LogP contribution in [0.25, 0.3) is 10.8 Å². The maximum absolute atomic E-state index is 7.03. The molecule has 106 valence electrons. The van der Waals surface area contributed by atoms with E-state index in [1.54, 1.807) is 31.4 Å². The van der Waals surface area contributed by atoms with Crippen LogP contribution < -0.4 is 10.5 Å². The molecule has 2 aromatic rings. The number of anilines is 1. The molecule has 0 heterocycles. The first kappa shape index (κ1) is 14.5. The number of nitrogen functional groups attached to an aromatic ring is 1. The number of methoxy groups -OCH3 is 1. The van der Waals surface area contributed by atoms with Gasteiger partial charge >= 0.3 is 0 Å². The van der Waals surface area contributed by atoms with E-state index in [4.69, 9.17) is 21.3 Å². The third-order valence-corrected chi connectivity index (χ3v) is 3.06.